The van der Waals surface area contributed by atoms with Crippen LogP contribution in [0.5, 0.6) is 5.75 Å². The SMILES string of the molecule is COc1cccc2cc(C(=O)NC3CCCCC3)/c(=N/Nc3ccccc3)oc12. The molecular weight excluding hydrogens is 366 g/mol. The van der Waals surface area contributed by atoms with Crippen molar-refractivity contribution in [2.24, 2.45) is 5.10 Å². The third-order valence-corrected chi connectivity index (χ3v) is 5.20. The Morgan fingerprint density at radius 2 is 1.86 bits per heavy atom. The highest BCUT2D eigenvalue weighted by molar-refractivity contribution is 5.97. The van der Waals surface area contributed by atoms with Gasteiger partial charge in [-0.05, 0) is 37.1 Å². The van der Waals surface area contributed by atoms with Crippen molar-refractivity contribution < 1.29 is 13.9 Å². The topological polar surface area (TPSA) is 75.9 Å². The van der Waals surface area contributed by atoms with Gasteiger partial charge in [-0.3, -0.25) is 10.2 Å². The molecule has 6 nitrogen and oxygen atoms in total. The van der Waals surface area contributed by atoms with E-state index in [2.05, 4.69) is 15.8 Å². The number of rotatable bonds is 5. The molecule has 1 saturated carbocycles. The highest BCUT2D eigenvalue weighted by Crippen LogP contribution is 2.25. The van der Waals surface area contributed by atoms with Crippen molar-refractivity contribution in [3.05, 3.63) is 65.7 Å². The van der Waals surface area contributed by atoms with Gasteiger partial charge >= 0.3 is 0 Å². The van der Waals surface area contributed by atoms with E-state index in [0.29, 0.717) is 16.9 Å². The van der Waals surface area contributed by atoms with E-state index in [0.717, 1.165) is 36.8 Å². The summed E-state index contributed by atoms with van der Waals surface area (Å²) >= 11 is 0. The van der Waals surface area contributed by atoms with Crippen LogP contribution >= 0.6 is 0 Å². The Kier molecular flexibility index (Phi) is 5.79. The van der Waals surface area contributed by atoms with Crippen molar-refractivity contribution in [1.29, 1.82) is 0 Å². The summed E-state index contributed by atoms with van der Waals surface area (Å²) in [6.45, 7) is 0. The highest BCUT2D eigenvalue weighted by Gasteiger charge is 2.20. The molecule has 2 aromatic carbocycles. The van der Waals surface area contributed by atoms with Crippen molar-refractivity contribution >= 4 is 22.6 Å². The zero-order valence-electron chi connectivity index (χ0n) is 16.5. The minimum Gasteiger partial charge on any atom is -0.493 e. The number of amides is 1. The molecule has 3 aromatic rings. The van der Waals surface area contributed by atoms with Crippen LogP contribution in [0.15, 0.2) is 64.1 Å². The van der Waals surface area contributed by atoms with Crippen molar-refractivity contribution in [3.63, 3.8) is 0 Å². The smallest absolute Gasteiger partial charge is 0.257 e. The van der Waals surface area contributed by atoms with Crippen LogP contribution in [0, 0.1) is 0 Å². The Balaban J connectivity index is 1.74. The first-order chi connectivity index (χ1) is 14.2. The average molecular weight is 391 g/mol. The number of carbonyl (C=O) groups excluding carboxylic acids is 1. The van der Waals surface area contributed by atoms with Gasteiger partial charge in [-0.2, -0.15) is 0 Å². The van der Waals surface area contributed by atoms with Gasteiger partial charge in [-0.25, -0.2) is 0 Å². The van der Waals surface area contributed by atoms with Gasteiger partial charge in [0, 0.05) is 11.4 Å². The highest BCUT2D eigenvalue weighted by atomic mass is 16.5. The number of carbonyl (C=O) groups is 1. The quantitative estimate of drug-likeness (QED) is 0.631. The van der Waals surface area contributed by atoms with E-state index < -0.39 is 0 Å². The molecule has 1 amide bonds. The lowest BCUT2D eigenvalue weighted by Crippen LogP contribution is -2.38. The van der Waals surface area contributed by atoms with Crippen LogP contribution in [0.1, 0.15) is 42.5 Å². The molecule has 1 heterocycles. The van der Waals surface area contributed by atoms with Gasteiger partial charge in [0.15, 0.2) is 11.3 Å². The normalized spacial score (nSPS) is 15.3. The van der Waals surface area contributed by atoms with Crippen LogP contribution in [-0.2, 0) is 0 Å². The Labute approximate surface area is 169 Å². The number of nitrogens with zero attached hydrogens (tertiary/aromatic N) is 1. The van der Waals surface area contributed by atoms with Gasteiger partial charge < -0.3 is 14.5 Å². The Bertz CT molecular complexity index is 1050. The molecule has 2 N–H and O–H groups in total. The molecule has 0 atom stereocenters. The molecule has 0 unspecified atom stereocenters. The Morgan fingerprint density at radius 1 is 1.07 bits per heavy atom. The number of para-hydroxylation sites is 2. The zero-order valence-corrected chi connectivity index (χ0v) is 16.5. The first kappa shape index (κ1) is 19.1. The first-order valence-corrected chi connectivity index (χ1v) is 10.0. The number of nitrogens with one attached hydrogen (secondary N) is 2. The minimum absolute atomic E-state index is 0.168. The maximum Gasteiger partial charge on any atom is 0.257 e. The number of fused-ring (bicyclic) bond motifs is 1. The summed E-state index contributed by atoms with van der Waals surface area (Å²) < 4.78 is 11.4. The van der Waals surface area contributed by atoms with E-state index in [-0.39, 0.29) is 17.5 Å². The van der Waals surface area contributed by atoms with Crippen molar-refractivity contribution in [1.82, 2.24) is 5.32 Å². The number of benzene rings is 2. The standard InChI is InChI=1S/C23H25N3O3/c1-28-20-14-8-9-16-15-19(22(27)24-17-10-4-2-5-11-17)23(29-21(16)20)26-25-18-12-6-3-7-13-18/h3,6-9,12-15,17,25H,2,4-5,10-11H2,1H3,(H,24,27)/b26-23-. The molecule has 0 bridgehead atoms. The van der Waals surface area contributed by atoms with Crippen molar-refractivity contribution in [3.8, 4) is 5.75 Å². The molecule has 0 spiro atoms. The molecule has 6 heteroatoms. The predicted molar refractivity (Wildman–Crippen MR) is 113 cm³/mol. The fourth-order valence-electron chi connectivity index (χ4n) is 3.67. The zero-order chi connectivity index (χ0) is 20.1. The van der Waals surface area contributed by atoms with Crippen LogP contribution in [0.4, 0.5) is 5.69 Å². The summed E-state index contributed by atoms with van der Waals surface area (Å²) in [5.41, 5.74) is 4.96. The van der Waals surface area contributed by atoms with Crippen LogP contribution < -0.4 is 21.0 Å². The summed E-state index contributed by atoms with van der Waals surface area (Å²) in [5, 5.41) is 8.32. The second-order valence-corrected chi connectivity index (χ2v) is 7.24. The van der Waals surface area contributed by atoms with E-state index >= 15 is 0 Å². The number of ether oxygens (including phenoxy) is 1. The summed E-state index contributed by atoms with van der Waals surface area (Å²) in [5.74, 6) is 0.428. The van der Waals surface area contributed by atoms with E-state index in [4.69, 9.17) is 9.15 Å². The van der Waals surface area contributed by atoms with Gasteiger partial charge in [-0.1, -0.05) is 49.6 Å². The second kappa shape index (κ2) is 8.82. The third kappa shape index (κ3) is 4.42. The summed E-state index contributed by atoms with van der Waals surface area (Å²) in [6.07, 6.45) is 5.56. The van der Waals surface area contributed by atoms with Crippen LogP contribution in [-0.4, -0.2) is 19.1 Å². The number of hydrogen-bond donors (Lipinski definition) is 2. The van der Waals surface area contributed by atoms with E-state index in [1.807, 2.05) is 54.6 Å². The molecule has 1 aromatic heterocycles. The Hall–Kier alpha value is -3.28. The largest absolute Gasteiger partial charge is 0.493 e. The number of anilines is 1. The molecular formula is C23H25N3O3. The molecule has 29 heavy (non-hydrogen) atoms. The molecule has 0 saturated heterocycles. The fraction of sp³-hybridized carbons (Fsp3) is 0.304. The minimum atomic E-state index is -0.168. The van der Waals surface area contributed by atoms with Gasteiger partial charge in [0.2, 0.25) is 5.55 Å². The summed E-state index contributed by atoms with van der Waals surface area (Å²) in [7, 11) is 1.59. The second-order valence-electron chi connectivity index (χ2n) is 7.24. The lowest BCUT2D eigenvalue weighted by atomic mass is 9.95. The fourth-order valence-corrected chi connectivity index (χ4v) is 3.67. The molecule has 0 radical (unpaired) electrons. The van der Waals surface area contributed by atoms with E-state index in [1.54, 1.807) is 7.11 Å². The first-order valence-electron chi connectivity index (χ1n) is 10.0. The van der Waals surface area contributed by atoms with Crippen LogP contribution in [0.3, 0.4) is 0 Å². The molecule has 150 valence electrons. The monoisotopic (exact) mass is 391 g/mol. The van der Waals surface area contributed by atoms with E-state index in [1.165, 1.54) is 6.42 Å². The van der Waals surface area contributed by atoms with Crippen LogP contribution in [0.2, 0.25) is 0 Å². The number of methoxy groups -OCH3 is 1. The molecule has 0 aliphatic heterocycles. The van der Waals surface area contributed by atoms with Crippen molar-refractivity contribution in [2.45, 2.75) is 38.1 Å². The molecule has 1 aliphatic carbocycles. The average Bonchev–Trinajstić information content (AvgIpc) is 2.78. The summed E-state index contributed by atoms with van der Waals surface area (Å²) in [6, 6.07) is 17.1. The Morgan fingerprint density at radius 3 is 2.62 bits per heavy atom. The van der Waals surface area contributed by atoms with Crippen LogP contribution in [0.25, 0.3) is 11.0 Å². The maximum atomic E-state index is 13.1. The predicted octanol–water partition coefficient (Wildman–Crippen LogP) is 4.43. The summed E-state index contributed by atoms with van der Waals surface area (Å²) in [4.78, 5) is 13.1. The van der Waals surface area contributed by atoms with Gasteiger partial charge in [0.25, 0.3) is 5.91 Å². The van der Waals surface area contributed by atoms with Gasteiger partial charge in [-0.15, -0.1) is 5.10 Å². The third-order valence-electron chi connectivity index (χ3n) is 5.20. The number of hydrogen-bond acceptors (Lipinski definition) is 5. The van der Waals surface area contributed by atoms with E-state index in [9.17, 15) is 4.79 Å². The van der Waals surface area contributed by atoms with Gasteiger partial charge in [0.05, 0.1) is 12.8 Å². The molecule has 1 aliphatic rings. The van der Waals surface area contributed by atoms with Crippen molar-refractivity contribution in [2.75, 3.05) is 12.5 Å². The molecule has 1 fully saturated rings. The molecule has 4 rings (SSSR count). The lowest BCUT2D eigenvalue weighted by Gasteiger charge is -2.22. The lowest BCUT2D eigenvalue weighted by molar-refractivity contribution is 0.0923. The maximum absolute atomic E-state index is 13.1. The van der Waals surface area contributed by atoms with Gasteiger partial charge in [0.1, 0.15) is 5.56 Å².